The molecule has 4 heteroatoms. The van der Waals surface area contributed by atoms with Crippen LogP contribution in [0.15, 0.2) is 18.2 Å². The molecule has 1 aromatic rings. The first-order valence-corrected chi connectivity index (χ1v) is 6.13. The summed E-state index contributed by atoms with van der Waals surface area (Å²) in [5.74, 6) is 0.817. The van der Waals surface area contributed by atoms with E-state index in [2.05, 4.69) is 21.7 Å². The predicted molar refractivity (Wildman–Crippen MR) is 67.7 cm³/mol. The van der Waals surface area contributed by atoms with Crippen LogP contribution in [0.25, 0.3) is 0 Å². The number of hydrogen-bond donors (Lipinski definition) is 2. The molecule has 0 spiro atoms. The van der Waals surface area contributed by atoms with Crippen LogP contribution in [-0.4, -0.2) is 24.1 Å². The second-order valence-corrected chi connectivity index (χ2v) is 4.50. The third-order valence-electron chi connectivity index (χ3n) is 3.35. The maximum absolute atomic E-state index is 8.79. The van der Waals surface area contributed by atoms with Gasteiger partial charge in [0.05, 0.1) is 0 Å². The standard InChI is InChI=1S/C13H18N4/c1-15-10-5-7-11(8-6-10)16-13-4-2-3-12(9-14)17-13/h2-4,10-11,15H,5-8H2,1H3,(H,16,17). The molecule has 0 radical (unpaired) electrons. The average Bonchev–Trinajstić information content (AvgIpc) is 2.40. The van der Waals surface area contributed by atoms with Crippen molar-refractivity contribution >= 4 is 5.82 Å². The van der Waals surface area contributed by atoms with Gasteiger partial charge >= 0.3 is 0 Å². The SMILES string of the molecule is CNC1CCC(Nc2cccc(C#N)n2)CC1. The molecule has 0 atom stereocenters. The smallest absolute Gasteiger partial charge is 0.142 e. The first kappa shape index (κ1) is 11.9. The van der Waals surface area contributed by atoms with Crippen molar-refractivity contribution in [3.63, 3.8) is 0 Å². The van der Waals surface area contributed by atoms with Gasteiger partial charge in [0.25, 0.3) is 0 Å². The highest BCUT2D eigenvalue weighted by Gasteiger charge is 2.19. The summed E-state index contributed by atoms with van der Waals surface area (Å²) in [7, 11) is 2.02. The van der Waals surface area contributed by atoms with Gasteiger partial charge in [-0.05, 0) is 44.9 Å². The fraction of sp³-hybridized carbons (Fsp3) is 0.538. The summed E-state index contributed by atoms with van der Waals surface area (Å²) < 4.78 is 0. The van der Waals surface area contributed by atoms with E-state index < -0.39 is 0 Å². The van der Waals surface area contributed by atoms with Crippen LogP contribution in [0.3, 0.4) is 0 Å². The van der Waals surface area contributed by atoms with E-state index in [1.165, 1.54) is 12.8 Å². The Labute approximate surface area is 102 Å². The van der Waals surface area contributed by atoms with E-state index in [4.69, 9.17) is 5.26 Å². The molecule has 1 aromatic heterocycles. The summed E-state index contributed by atoms with van der Waals surface area (Å²) in [6, 6.07) is 8.72. The van der Waals surface area contributed by atoms with E-state index in [1.54, 1.807) is 6.07 Å². The molecule has 0 aliphatic heterocycles. The van der Waals surface area contributed by atoms with Gasteiger partial charge in [0.2, 0.25) is 0 Å². The van der Waals surface area contributed by atoms with Gasteiger partial charge in [-0.2, -0.15) is 5.26 Å². The summed E-state index contributed by atoms with van der Waals surface area (Å²) in [6.07, 6.45) is 4.71. The number of hydrogen-bond acceptors (Lipinski definition) is 4. The molecule has 90 valence electrons. The molecule has 1 saturated carbocycles. The molecule has 0 amide bonds. The molecule has 2 rings (SSSR count). The summed E-state index contributed by atoms with van der Waals surface area (Å²) in [6.45, 7) is 0. The molecule has 1 aliphatic carbocycles. The van der Waals surface area contributed by atoms with E-state index in [1.807, 2.05) is 19.2 Å². The topological polar surface area (TPSA) is 60.7 Å². The molecule has 0 saturated heterocycles. The molecule has 1 heterocycles. The minimum Gasteiger partial charge on any atom is -0.367 e. The molecular weight excluding hydrogens is 212 g/mol. The van der Waals surface area contributed by atoms with Gasteiger partial charge in [-0.15, -0.1) is 0 Å². The number of anilines is 1. The lowest BCUT2D eigenvalue weighted by Gasteiger charge is -2.29. The van der Waals surface area contributed by atoms with Crippen LogP contribution in [0, 0.1) is 11.3 Å². The lowest BCUT2D eigenvalue weighted by atomic mass is 9.91. The molecule has 4 nitrogen and oxygen atoms in total. The number of nitrogens with zero attached hydrogens (tertiary/aromatic N) is 2. The van der Waals surface area contributed by atoms with Crippen LogP contribution < -0.4 is 10.6 Å². The van der Waals surface area contributed by atoms with Gasteiger partial charge < -0.3 is 10.6 Å². The van der Waals surface area contributed by atoms with Crippen molar-refractivity contribution in [2.75, 3.05) is 12.4 Å². The number of nitrogens with one attached hydrogen (secondary N) is 2. The minimum atomic E-state index is 0.471. The predicted octanol–water partition coefficient (Wildman–Crippen LogP) is 1.90. The fourth-order valence-electron chi connectivity index (χ4n) is 2.31. The van der Waals surface area contributed by atoms with Gasteiger partial charge in [0.15, 0.2) is 0 Å². The van der Waals surface area contributed by atoms with Gasteiger partial charge in [0.1, 0.15) is 17.6 Å². The summed E-state index contributed by atoms with van der Waals surface area (Å²) in [5, 5.41) is 15.5. The largest absolute Gasteiger partial charge is 0.367 e. The van der Waals surface area contributed by atoms with Gasteiger partial charge in [-0.1, -0.05) is 6.07 Å². The molecular formula is C13H18N4. The molecule has 0 bridgehead atoms. The highest BCUT2D eigenvalue weighted by Crippen LogP contribution is 2.21. The molecule has 0 unspecified atom stereocenters. The van der Waals surface area contributed by atoms with Crippen LogP contribution >= 0.6 is 0 Å². The first-order valence-electron chi connectivity index (χ1n) is 6.13. The minimum absolute atomic E-state index is 0.471. The van der Waals surface area contributed by atoms with Crippen molar-refractivity contribution in [3.05, 3.63) is 23.9 Å². The molecule has 1 aliphatic rings. The zero-order valence-electron chi connectivity index (χ0n) is 10.1. The molecule has 2 N–H and O–H groups in total. The van der Waals surface area contributed by atoms with Crippen molar-refractivity contribution in [1.82, 2.24) is 10.3 Å². The van der Waals surface area contributed by atoms with Gasteiger partial charge in [-0.3, -0.25) is 0 Å². The van der Waals surface area contributed by atoms with Crippen molar-refractivity contribution < 1.29 is 0 Å². The van der Waals surface area contributed by atoms with E-state index in [-0.39, 0.29) is 0 Å². The Morgan fingerprint density at radius 2 is 1.94 bits per heavy atom. The maximum Gasteiger partial charge on any atom is 0.142 e. The quantitative estimate of drug-likeness (QED) is 0.832. The van der Waals surface area contributed by atoms with E-state index >= 15 is 0 Å². The average molecular weight is 230 g/mol. The third kappa shape index (κ3) is 3.18. The zero-order chi connectivity index (χ0) is 12.1. The fourth-order valence-corrected chi connectivity index (χ4v) is 2.31. The van der Waals surface area contributed by atoms with Gasteiger partial charge in [0, 0.05) is 12.1 Å². The van der Waals surface area contributed by atoms with E-state index in [0.29, 0.717) is 17.8 Å². The van der Waals surface area contributed by atoms with Crippen molar-refractivity contribution in [2.45, 2.75) is 37.8 Å². The third-order valence-corrected chi connectivity index (χ3v) is 3.35. The van der Waals surface area contributed by atoms with Crippen LogP contribution in [0.5, 0.6) is 0 Å². The lowest BCUT2D eigenvalue weighted by molar-refractivity contribution is 0.371. The Morgan fingerprint density at radius 1 is 1.24 bits per heavy atom. The van der Waals surface area contributed by atoms with Crippen LogP contribution in [0.4, 0.5) is 5.82 Å². The number of nitriles is 1. The Morgan fingerprint density at radius 3 is 2.59 bits per heavy atom. The van der Waals surface area contributed by atoms with Crippen LogP contribution in [0.1, 0.15) is 31.4 Å². The highest BCUT2D eigenvalue weighted by molar-refractivity contribution is 5.39. The Bertz CT molecular complexity index is 402. The van der Waals surface area contributed by atoms with Crippen molar-refractivity contribution in [2.24, 2.45) is 0 Å². The second kappa shape index (κ2) is 5.65. The second-order valence-electron chi connectivity index (χ2n) is 4.50. The Kier molecular flexibility index (Phi) is 3.94. The number of pyridine rings is 1. The first-order chi connectivity index (χ1) is 8.31. The van der Waals surface area contributed by atoms with Crippen molar-refractivity contribution in [1.29, 1.82) is 5.26 Å². The zero-order valence-corrected chi connectivity index (χ0v) is 10.1. The maximum atomic E-state index is 8.79. The number of aromatic nitrogens is 1. The van der Waals surface area contributed by atoms with Crippen molar-refractivity contribution in [3.8, 4) is 6.07 Å². The normalized spacial score (nSPS) is 24.0. The van der Waals surface area contributed by atoms with Gasteiger partial charge in [-0.25, -0.2) is 4.98 Å². The highest BCUT2D eigenvalue weighted by atomic mass is 15.0. The van der Waals surface area contributed by atoms with Crippen LogP contribution in [-0.2, 0) is 0 Å². The Balaban J connectivity index is 1.91. The van der Waals surface area contributed by atoms with E-state index in [0.717, 1.165) is 18.7 Å². The molecule has 0 aromatic carbocycles. The van der Waals surface area contributed by atoms with Crippen LogP contribution in [0.2, 0.25) is 0 Å². The number of rotatable bonds is 3. The summed E-state index contributed by atoms with van der Waals surface area (Å²) >= 11 is 0. The Hall–Kier alpha value is -1.60. The molecule has 17 heavy (non-hydrogen) atoms. The summed E-state index contributed by atoms with van der Waals surface area (Å²) in [4.78, 5) is 4.24. The lowest BCUT2D eigenvalue weighted by Crippen LogP contribution is -2.35. The summed E-state index contributed by atoms with van der Waals surface area (Å²) in [5.41, 5.74) is 0.471. The van der Waals surface area contributed by atoms with E-state index in [9.17, 15) is 0 Å². The monoisotopic (exact) mass is 230 g/mol. The molecule has 1 fully saturated rings.